The highest BCUT2D eigenvalue weighted by Crippen LogP contribution is 2.41. The zero-order chi connectivity index (χ0) is 24.7. The van der Waals surface area contributed by atoms with E-state index in [1.165, 1.54) is 0 Å². The van der Waals surface area contributed by atoms with Crippen LogP contribution in [0.15, 0.2) is 41.2 Å². The van der Waals surface area contributed by atoms with Crippen molar-refractivity contribution < 1.29 is 19.1 Å². The molecule has 0 saturated carbocycles. The summed E-state index contributed by atoms with van der Waals surface area (Å²) in [6.07, 6.45) is 1.88. The second-order valence-electron chi connectivity index (χ2n) is 9.07. The van der Waals surface area contributed by atoms with E-state index < -0.39 is 23.6 Å². The van der Waals surface area contributed by atoms with Crippen LogP contribution in [0.5, 0.6) is 0 Å². The minimum absolute atomic E-state index is 0. The minimum Gasteiger partial charge on any atom is -0.457 e. The van der Waals surface area contributed by atoms with Gasteiger partial charge in [0.1, 0.15) is 12.6 Å². The lowest BCUT2D eigenvalue weighted by Gasteiger charge is -2.36. The predicted molar refractivity (Wildman–Crippen MR) is 137 cm³/mol. The number of pyridine rings is 2. The van der Waals surface area contributed by atoms with Gasteiger partial charge in [-0.2, -0.15) is 0 Å². The van der Waals surface area contributed by atoms with Crippen LogP contribution in [0, 0.1) is 0 Å². The molecule has 5 rings (SSSR count). The minimum atomic E-state index is -1.75. The SMILES string of the molecule is CCC1(OC(=O)C(N)CCCCN)C(=O)OCc2c1cc1n(c2=O)Cc2cc3ccccc3nc2-1.Cl. The molecule has 0 radical (unpaired) electrons. The fourth-order valence-corrected chi connectivity index (χ4v) is 4.96. The van der Waals surface area contributed by atoms with Crippen LogP contribution in [0.2, 0.25) is 0 Å². The Morgan fingerprint density at radius 3 is 2.78 bits per heavy atom. The molecule has 36 heavy (non-hydrogen) atoms. The van der Waals surface area contributed by atoms with Crippen LogP contribution >= 0.6 is 12.4 Å². The molecule has 0 spiro atoms. The Bertz CT molecular complexity index is 1410. The fraction of sp³-hybridized carbons (Fsp3) is 0.385. The average Bonchev–Trinajstić information content (AvgIpc) is 3.22. The van der Waals surface area contributed by atoms with Crippen LogP contribution in [-0.2, 0) is 37.8 Å². The third kappa shape index (κ3) is 4.07. The number of rotatable bonds is 7. The second kappa shape index (κ2) is 10.0. The smallest absolute Gasteiger partial charge is 0.355 e. The molecular weight excluding hydrogens is 484 g/mol. The van der Waals surface area contributed by atoms with Gasteiger partial charge in [-0.15, -0.1) is 12.4 Å². The number of nitrogens with two attached hydrogens (primary N) is 2. The van der Waals surface area contributed by atoms with Gasteiger partial charge in [0, 0.05) is 16.5 Å². The first kappa shape index (κ1) is 25.8. The van der Waals surface area contributed by atoms with Crippen molar-refractivity contribution in [3.8, 4) is 11.4 Å². The summed E-state index contributed by atoms with van der Waals surface area (Å²) in [6.45, 7) is 2.41. The molecule has 2 aliphatic rings. The van der Waals surface area contributed by atoms with Crippen molar-refractivity contribution in [3.63, 3.8) is 0 Å². The zero-order valence-electron chi connectivity index (χ0n) is 20.0. The molecule has 4 heterocycles. The summed E-state index contributed by atoms with van der Waals surface area (Å²) in [5.41, 5.74) is 13.2. The van der Waals surface area contributed by atoms with Crippen LogP contribution in [0.1, 0.15) is 49.3 Å². The maximum Gasteiger partial charge on any atom is 0.355 e. The van der Waals surface area contributed by atoms with E-state index in [9.17, 15) is 14.4 Å². The van der Waals surface area contributed by atoms with Gasteiger partial charge in [0.2, 0.25) is 5.60 Å². The summed E-state index contributed by atoms with van der Waals surface area (Å²) < 4.78 is 12.8. The van der Waals surface area contributed by atoms with Crippen LogP contribution in [0.4, 0.5) is 0 Å². The van der Waals surface area contributed by atoms with Crippen LogP contribution in [-0.4, -0.2) is 34.1 Å². The number of halogens is 1. The maximum atomic E-state index is 13.5. The predicted octanol–water partition coefficient (Wildman–Crippen LogP) is 2.51. The van der Waals surface area contributed by atoms with Gasteiger partial charge in [-0.1, -0.05) is 31.5 Å². The van der Waals surface area contributed by atoms with Gasteiger partial charge < -0.3 is 25.5 Å². The number of unbranched alkanes of at least 4 members (excludes halogenated alkanes) is 1. The molecule has 1 aromatic carbocycles. The summed E-state index contributed by atoms with van der Waals surface area (Å²) in [5, 5.41) is 0.982. The number of carbonyl (C=O) groups is 2. The van der Waals surface area contributed by atoms with Crippen molar-refractivity contribution in [2.24, 2.45) is 11.5 Å². The fourth-order valence-electron chi connectivity index (χ4n) is 4.96. The average molecular weight is 513 g/mol. The van der Waals surface area contributed by atoms with Crippen molar-refractivity contribution in [2.45, 2.75) is 57.4 Å². The Balaban J connectivity index is 0.00000304. The lowest BCUT2D eigenvalue weighted by molar-refractivity contribution is -0.190. The van der Waals surface area contributed by atoms with E-state index in [1.54, 1.807) is 17.6 Å². The highest BCUT2D eigenvalue weighted by Gasteiger charge is 2.50. The van der Waals surface area contributed by atoms with E-state index in [-0.39, 0.29) is 31.0 Å². The molecule has 2 aliphatic heterocycles. The lowest BCUT2D eigenvalue weighted by Crippen LogP contribution is -2.49. The van der Waals surface area contributed by atoms with E-state index >= 15 is 0 Å². The third-order valence-corrected chi connectivity index (χ3v) is 6.93. The largest absolute Gasteiger partial charge is 0.457 e. The molecule has 3 aromatic rings. The first-order chi connectivity index (χ1) is 16.9. The van der Waals surface area contributed by atoms with E-state index in [0.29, 0.717) is 48.4 Å². The van der Waals surface area contributed by atoms with E-state index in [1.807, 2.05) is 30.3 Å². The highest BCUT2D eigenvalue weighted by atomic mass is 35.5. The molecule has 4 N–H and O–H groups in total. The monoisotopic (exact) mass is 512 g/mol. The molecule has 2 aromatic heterocycles. The number of nitrogens with zero attached hydrogens (tertiary/aromatic N) is 2. The number of hydrogen-bond acceptors (Lipinski definition) is 8. The van der Waals surface area contributed by atoms with E-state index in [2.05, 4.69) is 0 Å². The number of benzene rings is 1. The van der Waals surface area contributed by atoms with Gasteiger partial charge in [-0.25, -0.2) is 9.78 Å². The Morgan fingerprint density at radius 2 is 2.03 bits per heavy atom. The number of aromatic nitrogens is 2. The first-order valence-corrected chi connectivity index (χ1v) is 11.9. The normalized spacial score (nSPS) is 18.5. The Hall–Kier alpha value is -3.27. The Kier molecular flexibility index (Phi) is 7.17. The number of cyclic esters (lactones) is 1. The quantitative estimate of drug-likeness (QED) is 0.284. The van der Waals surface area contributed by atoms with Gasteiger partial charge >= 0.3 is 11.9 Å². The van der Waals surface area contributed by atoms with Crippen molar-refractivity contribution in [1.29, 1.82) is 0 Å². The zero-order valence-corrected chi connectivity index (χ0v) is 20.8. The number of para-hydroxylation sites is 1. The van der Waals surface area contributed by atoms with Crippen molar-refractivity contribution in [1.82, 2.24) is 9.55 Å². The van der Waals surface area contributed by atoms with Crippen LogP contribution < -0.4 is 17.0 Å². The summed E-state index contributed by atoms with van der Waals surface area (Å²) in [6, 6.07) is 10.6. The molecule has 0 aliphatic carbocycles. The first-order valence-electron chi connectivity index (χ1n) is 11.9. The van der Waals surface area contributed by atoms with Crippen molar-refractivity contribution >= 4 is 35.2 Å². The molecule has 10 heteroatoms. The molecule has 0 saturated heterocycles. The maximum absolute atomic E-state index is 13.5. The second-order valence-corrected chi connectivity index (χ2v) is 9.07. The van der Waals surface area contributed by atoms with Gasteiger partial charge in [0.05, 0.1) is 29.0 Å². The topological polar surface area (TPSA) is 140 Å². The summed E-state index contributed by atoms with van der Waals surface area (Å²) in [5.74, 6) is -1.41. The Labute approximate surface area is 214 Å². The van der Waals surface area contributed by atoms with Crippen LogP contribution in [0.3, 0.4) is 0 Å². The third-order valence-electron chi connectivity index (χ3n) is 6.93. The van der Waals surface area contributed by atoms with Gasteiger partial charge in [0.25, 0.3) is 5.56 Å². The molecule has 190 valence electrons. The highest BCUT2D eigenvalue weighted by molar-refractivity contribution is 5.89. The summed E-state index contributed by atoms with van der Waals surface area (Å²) in [4.78, 5) is 44.3. The molecule has 2 unspecified atom stereocenters. The Morgan fingerprint density at radius 1 is 1.25 bits per heavy atom. The summed E-state index contributed by atoms with van der Waals surface area (Å²) >= 11 is 0. The molecular formula is C26H29ClN4O5. The van der Waals surface area contributed by atoms with Gasteiger partial charge in [0.15, 0.2) is 0 Å². The van der Waals surface area contributed by atoms with Gasteiger partial charge in [-0.05, 0) is 44.0 Å². The number of carbonyl (C=O) groups excluding carboxylic acids is 2. The van der Waals surface area contributed by atoms with Crippen molar-refractivity contribution in [3.05, 3.63) is 63.4 Å². The lowest BCUT2D eigenvalue weighted by atomic mass is 9.85. The summed E-state index contributed by atoms with van der Waals surface area (Å²) in [7, 11) is 0. The van der Waals surface area contributed by atoms with Crippen LogP contribution in [0.25, 0.3) is 22.3 Å². The molecule has 0 fully saturated rings. The van der Waals surface area contributed by atoms with E-state index in [0.717, 1.165) is 22.9 Å². The molecule has 0 bridgehead atoms. The standard InChI is InChI=1S/C26H28N4O5.ClH/c1-2-26(35-24(32)19(28)8-5-6-10-27)18-12-21-22-16(11-15-7-3-4-9-20(15)29-22)13-30(21)23(31)17(18)14-34-25(26)33;/h3-4,7,9,11-12,19H,2,5-6,8,10,13-14,27-28H2,1H3;1H. The molecule has 9 nitrogen and oxygen atoms in total. The van der Waals surface area contributed by atoms with Gasteiger partial charge in [-0.3, -0.25) is 9.59 Å². The van der Waals surface area contributed by atoms with E-state index in [4.69, 9.17) is 25.9 Å². The number of ether oxygens (including phenoxy) is 2. The number of fused-ring (bicyclic) bond motifs is 5. The molecule has 0 amide bonds. The number of hydrogen-bond donors (Lipinski definition) is 2. The van der Waals surface area contributed by atoms with Crippen molar-refractivity contribution in [2.75, 3.05) is 6.54 Å². The molecule has 2 atom stereocenters. The number of esters is 2.